The van der Waals surface area contributed by atoms with Gasteiger partial charge in [-0.3, -0.25) is 14.4 Å². The van der Waals surface area contributed by atoms with Crippen LogP contribution in [0.2, 0.25) is 0 Å². The molecule has 4 heterocycles. The Hall–Kier alpha value is -1.80. The molecule has 0 aromatic rings. The molecule has 186 valence electrons. The van der Waals surface area contributed by atoms with Gasteiger partial charge in [-0.15, -0.1) is 11.8 Å². The number of fused-ring (bicyclic) bond motifs is 2. The van der Waals surface area contributed by atoms with Gasteiger partial charge in [0.05, 0.1) is 23.2 Å². The van der Waals surface area contributed by atoms with Crippen LogP contribution in [0.4, 0.5) is 0 Å². The van der Waals surface area contributed by atoms with Crippen LogP contribution in [-0.2, 0) is 19.1 Å². The van der Waals surface area contributed by atoms with Gasteiger partial charge in [0.2, 0.25) is 11.8 Å². The van der Waals surface area contributed by atoms with Crippen molar-refractivity contribution in [2.75, 3.05) is 26.3 Å². The Morgan fingerprint density at radius 2 is 1.85 bits per heavy atom. The Morgan fingerprint density at radius 1 is 1.06 bits per heavy atom. The summed E-state index contributed by atoms with van der Waals surface area (Å²) in [5.41, 5.74) is 0. The fraction of sp³-hybridized carbons (Fsp3) is 0.731. The largest absolute Gasteiger partial charge is 0.465 e. The van der Waals surface area contributed by atoms with Crippen molar-refractivity contribution in [3.63, 3.8) is 0 Å². The normalized spacial score (nSPS) is 39.5. The van der Waals surface area contributed by atoms with Crippen molar-refractivity contribution in [2.24, 2.45) is 11.8 Å². The lowest BCUT2D eigenvalue weighted by atomic mass is 9.74. The number of esters is 1. The first-order valence-electron chi connectivity index (χ1n) is 12.9. The van der Waals surface area contributed by atoms with Crippen molar-refractivity contribution in [1.29, 1.82) is 0 Å². The molecule has 5 atom stereocenters. The summed E-state index contributed by atoms with van der Waals surface area (Å²) >= 11 is 1.59. The van der Waals surface area contributed by atoms with Crippen LogP contribution >= 0.6 is 11.8 Å². The quantitative estimate of drug-likeness (QED) is 0.484. The molecule has 1 N–H and O–H groups in total. The summed E-state index contributed by atoms with van der Waals surface area (Å²) in [5.74, 6) is -1.82. The van der Waals surface area contributed by atoms with E-state index >= 15 is 0 Å². The molecule has 4 aliphatic heterocycles. The minimum Gasteiger partial charge on any atom is -0.465 e. The summed E-state index contributed by atoms with van der Waals surface area (Å²) in [6, 6.07) is -0.477. The zero-order valence-corrected chi connectivity index (χ0v) is 20.8. The summed E-state index contributed by atoms with van der Waals surface area (Å²) in [7, 11) is 0. The number of aliphatic hydroxyl groups excluding tert-OH is 1. The molecule has 8 heteroatoms. The zero-order valence-electron chi connectivity index (χ0n) is 20.0. The Labute approximate surface area is 205 Å². The molecule has 0 bridgehead atoms. The van der Waals surface area contributed by atoms with Gasteiger partial charge in [-0.2, -0.15) is 0 Å². The number of hydrogen-bond acceptors (Lipinski definition) is 6. The number of carbonyl (C=O) groups is 3. The molecule has 2 saturated heterocycles. The predicted molar refractivity (Wildman–Crippen MR) is 130 cm³/mol. The summed E-state index contributed by atoms with van der Waals surface area (Å²) < 4.78 is 4.19. The smallest absolute Gasteiger partial charge is 0.311 e. The fourth-order valence-corrected chi connectivity index (χ4v) is 9.01. The van der Waals surface area contributed by atoms with Crippen LogP contribution in [0.5, 0.6) is 0 Å². The van der Waals surface area contributed by atoms with E-state index in [1.54, 1.807) is 16.7 Å². The van der Waals surface area contributed by atoms with Crippen molar-refractivity contribution in [2.45, 2.75) is 79.9 Å². The highest BCUT2D eigenvalue weighted by molar-refractivity contribution is 8.02. The molecule has 7 nitrogen and oxygen atoms in total. The van der Waals surface area contributed by atoms with Gasteiger partial charge in [0.25, 0.3) is 0 Å². The first-order valence-corrected chi connectivity index (χ1v) is 13.7. The zero-order chi connectivity index (χ0) is 23.9. The first kappa shape index (κ1) is 23.9. The van der Waals surface area contributed by atoms with Crippen molar-refractivity contribution < 1.29 is 24.2 Å². The molecule has 1 aliphatic carbocycles. The number of ether oxygens (including phenoxy) is 1. The van der Waals surface area contributed by atoms with E-state index in [1.165, 1.54) is 6.42 Å². The number of aliphatic hydroxyl groups is 1. The lowest BCUT2D eigenvalue weighted by Crippen LogP contribution is -2.55. The standard InChI is InChI=1S/C26H36N2O5S/c1-25-12-6-3-7-17-33-24(32)20(25)19-22(30)28(15-9-16-29)21-23(31)27(18-10-4-2-5-11-18)14-8-13-26(19,21)34-25/h6,8,12-13,18-21,29H,2-5,7,9-11,14-17H2,1H3/b12-6-/t19-,20-,21?,25+,26-/m0/s1. The number of carbonyl (C=O) groups excluding carboxylic acids is 3. The molecule has 0 aromatic carbocycles. The molecule has 2 amide bonds. The molecule has 3 fully saturated rings. The van der Waals surface area contributed by atoms with Gasteiger partial charge in [-0.25, -0.2) is 0 Å². The number of nitrogens with zero attached hydrogens (tertiary/aromatic N) is 2. The van der Waals surface area contributed by atoms with Gasteiger partial charge in [-0.1, -0.05) is 43.6 Å². The lowest BCUT2D eigenvalue weighted by Gasteiger charge is -2.40. The fourth-order valence-electron chi connectivity index (χ4n) is 6.85. The number of thioether (sulfide) groups is 1. The number of hydrogen-bond donors (Lipinski definition) is 1. The van der Waals surface area contributed by atoms with Crippen LogP contribution in [0.25, 0.3) is 0 Å². The Kier molecular flexibility index (Phi) is 6.57. The average Bonchev–Trinajstić information content (AvgIpc) is 3.17. The summed E-state index contributed by atoms with van der Waals surface area (Å²) in [4.78, 5) is 45.3. The number of rotatable bonds is 4. The van der Waals surface area contributed by atoms with Gasteiger partial charge in [0, 0.05) is 30.5 Å². The third-order valence-electron chi connectivity index (χ3n) is 8.35. The van der Waals surface area contributed by atoms with E-state index in [2.05, 4.69) is 24.3 Å². The van der Waals surface area contributed by atoms with E-state index < -0.39 is 27.4 Å². The minimum atomic E-state index is -0.824. The highest BCUT2D eigenvalue weighted by Gasteiger charge is 2.73. The maximum absolute atomic E-state index is 14.2. The predicted octanol–water partition coefficient (Wildman–Crippen LogP) is 2.68. The maximum Gasteiger partial charge on any atom is 0.311 e. The molecule has 34 heavy (non-hydrogen) atoms. The third kappa shape index (κ3) is 3.72. The van der Waals surface area contributed by atoms with Gasteiger partial charge in [0.15, 0.2) is 0 Å². The second-order valence-corrected chi connectivity index (χ2v) is 12.3. The lowest BCUT2D eigenvalue weighted by molar-refractivity contribution is -0.154. The SMILES string of the molecule is C[C@@]12/C=C\CCCOC(=O)[C@@H]1[C@H]1C(=O)N(CCCO)C3C(=O)N(C4CCCCC4)CC=C[C@@]31S2. The van der Waals surface area contributed by atoms with Gasteiger partial charge in [0.1, 0.15) is 6.04 Å². The van der Waals surface area contributed by atoms with E-state index in [0.717, 1.165) is 38.5 Å². The van der Waals surface area contributed by atoms with Crippen molar-refractivity contribution in [1.82, 2.24) is 9.80 Å². The number of cyclic esters (lactones) is 1. The molecule has 0 radical (unpaired) electrons. The van der Waals surface area contributed by atoms with Gasteiger partial charge in [-0.05, 0) is 39.0 Å². The monoisotopic (exact) mass is 488 g/mol. The molecule has 5 rings (SSSR count). The topological polar surface area (TPSA) is 87.1 Å². The summed E-state index contributed by atoms with van der Waals surface area (Å²) in [6.45, 7) is 3.16. The van der Waals surface area contributed by atoms with E-state index in [4.69, 9.17) is 4.74 Å². The minimum absolute atomic E-state index is 0.00868. The summed E-state index contributed by atoms with van der Waals surface area (Å²) in [5, 5.41) is 9.52. The van der Waals surface area contributed by atoms with Crippen LogP contribution in [0.3, 0.4) is 0 Å². The van der Waals surface area contributed by atoms with E-state index in [1.807, 2.05) is 11.8 Å². The van der Waals surface area contributed by atoms with Crippen molar-refractivity contribution in [3.05, 3.63) is 24.3 Å². The average molecular weight is 489 g/mol. The molecule has 1 saturated carbocycles. The van der Waals surface area contributed by atoms with Crippen LogP contribution in [0.1, 0.15) is 58.3 Å². The van der Waals surface area contributed by atoms with E-state index in [-0.39, 0.29) is 30.4 Å². The molecule has 0 aromatic heterocycles. The van der Waals surface area contributed by atoms with Gasteiger partial charge >= 0.3 is 5.97 Å². The molecule has 1 spiro atoms. The number of amides is 2. The van der Waals surface area contributed by atoms with Crippen LogP contribution in [0.15, 0.2) is 24.3 Å². The maximum atomic E-state index is 14.2. The van der Waals surface area contributed by atoms with Crippen LogP contribution in [0, 0.1) is 11.8 Å². The second kappa shape index (κ2) is 9.34. The molecular formula is C26H36N2O5S. The Morgan fingerprint density at radius 3 is 2.62 bits per heavy atom. The molecule has 5 aliphatic rings. The molecular weight excluding hydrogens is 452 g/mol. The highest BCUT2D eigenvalue weighted by atomic mass is 32.2. The first-order chi connectivity index (χ1) is 16.4. The van der Waals surface area contributed by atoms with Crippen molar-refractivity contribution >= 4 is 29.5 Å². The van der Waals surface area contributed by atoms with E-state index in [0.29, 0.717) is 26.1 Å². The Bertz CT molecular complexity index is 900. The Balaban J connectivity index is 1.59. The van der Waals surface area contributed by atoms with Crippen LogP contribution in [-0.4, -0.2) is 80.6 Å². The van der Waals surface area contributed by atoms with Crippen LogP contribution < -0.4 is 0 Å². The summed E-state index contributed by atoms with van der Waals surface area (Å²) in [6.07, 6.45) is 15.7. The van der Waals surface area contributed by atoms with E-state index in [9.17, 15) is 19.5 Å². The number of likely N-dealkylation sites (tertiary alicyclic amines) is 1. The van der Waals surface area contributed by atoms with Crippen molar-refractivity contribution in [3.8, 4) is 0 Å². The third-order valence-corrected chi connectivity index (χ3v) is 10.2. The number of allylic oxidation sites excluding steroid dienone is 1. The molecule has 1 unspecified atom stereocenters. The second-order valence-electron chi connectivity index (χ2n) is 10.5. The van der Waals surface area contributed by atoms with Gasteiger partial charge < -0.3 is 19.6 Å². The highest BCUT2D eigenvalue weighted by Crippen LogP contribution is 2.65.